The topological polar surface area (TPSA) is 46.0 Å². The first-order valence-electron chi connectivity index (χ1n) is 5.09. The van der Waals surface area contributed by atoms with E-state index < -0.39 is 0 Å². The van der Waals surface area contributed by atoms with Crippen molar-refractivity contribution in [1.82, 2.24) is 5.10 Å². The van der Waals surface area contributed by atoms with E-state index in [0.717, 1.165) is 11.5 Å². The Morgan fingerprint density at radius 2 is 1.88 bits per heavy atom. The maximum Gasteiger partial charge on any atom is 0.304 e. The molecular weight excluding hydrogens is 200 g/mol. The Kier molecular flexibility index (Phi) is 2.72. The van der Waals surface area contributed by atoms with Gasteiger partial charge in [-0.1, -0.05) is 28.0 Å². The van der Waals surface area contributed by atoms with Crippen molar-refractivity contribution in [2.45, 2.75) is 0 Å². The van der Waals surface area contributed by atoms with Crippen LogP contribution in [0, 0.1) is 0 Å². The van der Waals surface area contributed by atoms with Gasteiger partial charge >= 0.3 is 5.82 Å². The summed E-state index contributed by atoms with van der Waals surface area (Å²) >= 11 is 0. The smallest absolute Gasteiger partial charge is 0.304 e. The molecule has 0 amide bonds. The molecule has 0 fully saturated rings. The van der Waals surface area contributed by atoms with E-state index in [0.29, 0.717) is 5.69 Å². The molecule has 0 unspecified atom stereocenters. The standard InChI is InChI=1S/C12H14N4/c1-15(2)12-8-10(13)9-14-16(12)11-6-4-3-5-7-11/h3-9,13H,1-2H3/p+1. The maximum atomic E-state index is 5.74. The number of nitrogens with two attached hydrogens (primary N) is 1. The van der Waals surface area contributed by atoms with Crippen molar-refractivity contribution in [1.29, 1.82) is 0 Å². The Morgan fingerprint density at radius 3 is 2.50 bits per heavy atom. The van der Waals surface area contributed by atoms with Crippen LogP contribution in [0.3, 0.4) is 0 Å². The van der Waals surface area contributed by atoms with Gasteiger partial charge in [-0.15, -0.1) is 0 Å². The summed E-state index contributed by atoms with van der Waals surface area (Å²) in [5.41, 5.74) is 7.42. The van der Waals surface area contributed by atoms with E-state index in [4.69, 9.17) is 5.73 Å². The highest BCUT2D eigenvalue weighted by Crippen LogP contribution is 2.10. The van der Waals surface area contributed by atoms with E-state index in [1.54, 1.807) is 6.20 Å². The highest BCUT2D eigenvalue weighted by atomic mass is 15.3. The lowest BCUT2D eigenvalue weighted by Gasteiger charge is -2.09. The first-order chi connectivity index (χ1) is 7.68. The lowest BCUT2D eigenvalue weighted by molar-refractivity contribution is -0.646. The zero-order chi connectivity index (χ0) is 11.5. The molecule has 1 aromatic heterocycles. The molecule has 0 spiro atoms. The van der Waals surface area contributed by atoms with Gasteiger partial charge in [0.1, 0.15) is 0 Å². The molecule has 1 heterocycles. The van der Waals surface area contributed by atoms with Crippen molar-refractivity contribution in [2.24, 2.45) is 0 Å². The third-order valence-corrected chi connectivity index (χ3v) is 2.29. The van der Waals surface area contributed by atoms with Gasteiger partial charge in [-0.25, -0.2) is 0 Å². The van der Waals surface area contributed by atoms with Crippen molar-refractivity contribution < 1.29 is 4.68 Å². The normalized spacial score (nSPS) is 10.1. The van der Waals surface area contributed by atoms with Gasteiger partial charge in [-0.2, -0.15) is 0 Å². The molecule has 0 aliphatic carbocycles. The summed E-state index contributed by atoms with van der Waals surface area (Å²) in [7, 11) is 3.94. The molecule has 16 heavy (non-hydrogen) atoms. The lowest BCUT2D eigenvalue weighted by Crippen LogP contribution is -2.40. The van der Waals surface area contributed by atoms with Crippen molar-refractivity contribution in [2.75, 3.05) is 24.7 Å². The number of benzene rings is 1. The molecule has 0 saturated heterocycles. The van der Waals surface area contributed by atoms with Crippen molar-refractivity contribution in [3.05, 3.63) is 42.6 Å². The van der Waals surface area contributed by atoms with E-state index in [9.17, 15) is 0 Å². The summed E-state index contributed by atoms with van der Waals surface area (Å²) in [6.45, 7) is 0. The van der Waals surface area contributed by atoms with Gasteiger partial charge in [-0.05, 0) is 12.1 Å². The van der Waals surface area contributed by atoms with E-state index in [1.165, 1.54) is 0 Å². The Labute approximate surface area is 94.9 Å². The molecule has 0 atom stereocenters. The molecule has 2 rings (SSSR count). The summed E-state index contributed by atoms with van der Waals surface area (Å²) in [6.07, 6.45) is 1.65. The summed E-state index contributed by atoms with van der Waals surface area (Å²) in [4.78, 5) is 1.98. The summed E-state index contributed by atoms with van der Waals surface area (Å²) in [6, 6.07) is 11.9. The summed E-state index contributed by atoms with van der Waals surface area (Å²) in [5.74, 6) is 0.950. The third kappa shape index (κ3) is 1.95. The summed E-state index contributed by atoms with van der Waals surface area (Å²) < 4.78 is 1.86. The number of anilines is 2. The monoisotopic (exact) mass is 215 g/mol. The Morgan fingerprint density at radius 1 is 1.19 bits per heavy atom. The van der Waals surface area contributed by atoms with Gasteiger partial charge in [0.2, 0.25) is 0 Å². The number of rotatable bonds is 2. The molecule has 4 heteroatoms. The van der Waals surface area contributed by atoms with Crippen LogP contribution in [0.15, 0.2) is 42.6 Å². The molecule has 0 bridgehead atoms. The molecule has 0 aliphatic rings. The molecule has 1 aromatic carbocycles. The highest BCUT2D eigenvalue weighted by molar-refractivity contribution is 5.45. The molecule has 0 saturated carbocycles. The van der Waals surface area contributed by atoms with E-state index >= 15 is 0 Å². The minimum absolute atomic E-state index is 0.663. The molecule has 2 aromatic rings. The first-order valence-corrected chi connectivity index (χ1v) is 5.09. The van der Waals surface area contributed by atoms with Gasteiger partial charge in [0, 0.05) is 0 Å². The summed E-state index contributed by atoms with van der Waals surface area (Å²) in [5, 5.41) is 4.32. The zero-order valence-corrected chi connectivity index (χ0v) is 9.46. The van der Waals surface area contributed by atoms with Crippen LogP contribution >= 0.6 is 0 Å². The molecular formula is C12H15N4+. The molecule has 0 radical (unpaired) electrons. The van der Waals surface area contributed by atoms with E-state index in [1.807, 2.05) is 60.1 Å². The Hall–Kier alpha value is -2.10. The Bertz CT molecular complexity index is 480. The predicted molar refractivity (Wildman–Crippen MR) is 64.5 cm³/mol. The molecule has 2 N–H and O–H groups in total. The van der Waals surface area contributed by atoms with Crippen LogP contribution < -0.4 is 15.3 Å². The van der Waals surface area contributed by atoms with E-state index in [-0.39, 0.29) is 0 Å². The molecule has 0 aliphatic heterocycles. The quantitative estimate of drug-likeness (QED) is 0.760. The van der Waals surface area contributed by atoms with Gasteiger partial charge in [0.05, 0.1) is 32.0 Å². The second-order valence-electron chi connectivity index (χ2n) is 3.79. The lowest BCUT2D eigenvalue weighted by atomic mass is 10.3. The number of aromatic nitrogens is 2. The Balaban J connectivity index is 2.57. The minimum Gasteiger partial charge on any atom is -0.397 e. The fourth-order valence-corrected chi connectivity index (χ4v) is 1.52. The number of nitrogens with zero attached hydrogens (tertiary/aromatic N) is 3. The van der Waals surface area contributed by atoms with Crippen LogP contribution in [0.2, 0.25) is 0 Å². The van der Waals surface area contributed by atoms with Crippen molar-refractivity contribution >= 4 is 11.5 Å². The molecule has 4 nitrogen and oxygen atoms in total. The third-order valence-electron chi connectivity index (χ3n) is 2.29. The molecule has 82 valence electrons. The average molecular weight is 215 g/mol. The average Bonchev–Trinajstić information content (AvgIpc) is 2.30. The largest absolute Gasteiger partial charge is 0.397 e. The number of hydrogen-bond donors (Lipinski definition) is 1. The van der Waals surface area contributed by atoms with Crippen LogP contribution in [-0.4, -0.2) is 19.2 Å². The van der Waals surface area contributed by atoms with Gasteiger partial charge in [0.15, 0.2) is 5.69 Å². The second kappa shape index (κ2) is 4.18. The predicted octanol–water partition coefficient (Wildman–Crippen LogP) is 1.01. The number of nitrogen functional groups attached to an aromatic ring is 1. The van der Waals surface area contributed by atoms with Crippen molar-refractivity contribution in [3.63, 3.8) is 0 Å². The SMILES string of the molecule is CN(C)c1cc(N)cn[n+]1-c1ccccc1. The minimum atomic E-state index is 0.663. The second-order valence-corrected chi connectivity index (χ2v) is 3.79. The number of hydrogen-bond acceptors (Lipinski definition) is 3. The van der Waals surface area contributed by atoms with Gasteiger partial charge < -0.3 is 5.73 Å². The van der Waals surface area contributed by atoms with Gasteiger partial charge in [-0.3, -0.25) is 4.90 Å². The van der Waals surface area contributed by atoms with Crippen LogP contribution in [0.5, 0.6) is 0 Å². The first kappa shape index (κ1) is 10.4. The highest BCUT2D eigenvalue weighted by Gasteiger charge is 2.15. The van der Waals surface area contributed by atoms with Crippen LogP contribution in [0.25, 0.3) is 5.69 Å². The fraction of sp³-hybridized carbons (Fsp3) is 0.167. The van der Waals surface area contributed by atoms with E-state index in [2.05, 4.69) is 5.10 Å². The van der Waals surface area contributed by atoms with Crippen LogP contribution in [0.1, 0.15) is 0 Å². The fourth-order valence-electron chi connectivity index (χ4n) is 1.52. The maximum absolute atomic E-state index is 5.74. The van der Waals surface area contributed by atoms with Crippen LogP contribution in [0.4, 0.5) is 11.5 Å². The zero-order valence-electron chi connectivity index (χ0n) is 9.46. The van der Waals surface area contributed by atoms with Crippen LogP contribution in [-0.2, 0) is 0 Å². The number of para-hydroxylation sites is 1. The van der Waals surface area contributed by atoms with Gasteiger partial charge in [0.25, 0.3) is 0 Å². The van der Waals surface area contributed by atoms with Crippen molar-refractivity contribution in [3.8, 4) is 5.69 Å².